The fraction of sp³-hybridized carbons (Fsp3) is 0.643. The predicted octanol–water partition coefficient (Wildman–Crippen LogP) is 0.383. The molecule has 1 unspecified atom stereocenters. The molecule has 2 heterocycles. The zero-order chi connectivity index (χ0) is 15.7. The first-order valence-corrected chi connectivity index (χ1v) is 7.38. The number of alkyl halides is 2. The average molecular weight is 311 g/mol. The molecule has 8 heteroatoms. The predicted molar refractivity (Wildman–Crippen MR) is 71.5 cm³/mol. The third-order valence-corrected chi connectivity index (χ3v) is 5.41. The average Bonchev–Trinajstić information content (AvgIpc) is 2.94. The minimum Gasteiger partial charge on any atom is -0.336 e. The van der Waals surface area contributed by atoms with Crippen LogP contribution in [0.2, 0.25) is 0 Å². The second-order valence-electron chi connectivity index (χ2n) is 6.44. The van der Waals surface area contributed by atoms with E-state index in [9.17, 15) is 23.2 Å². The molecule has 0 radical (unpaired) electrons. The van der Waals surface area contributed by atoms with Gasteiger partial charge < -0.3 is 9.88 Å². The first-order chi connectivity index (χ1) is 10.4. The Labute approximate surface area is 123 Å². The van der Waals surface area contributed by atoms with Gasteiger partial charge in [-0.3, -0.25) is 14.6 Å². The second kappa shape index (κ2) is 4.05. The van der Waals surface area contributed by atoms with Crippen LogP contribution in [0.3, 0.4) is 0 Å². The van der Waals surface area contributed by atoms with Crippen LogP contribution in [0.5, 0.6) is 0 Å². The van der Waals surface area contributed by atoms with Crippen molar-refractivity contribution in [2.24, 2.45) is 11.3 Å². The molecule has 1 amide bonds. The number of rotatable bonds is 1. The van der Waals surface area contributed by atoms with Crippen LogP contribution in [0.4, 0.5) is 8.78 Å². The molecule has 6 nitrogen and oxygen atoms in total. The number of carbonyl (C=O) groups is 1. The van der Waals surface area contributed by atoms with Gasteiger partial charge in [-0.1, -0.05) is 6.42 Å². The van der Waals surface area contributed by atoms with Crippen LogP contribution < -0.4 is 11.2 Å². The van der Waals surface area contributed by atoms with Crippen molar-refractivity contribution in [3.63, 3.8) is 0 Å². The van der Waals surface area contributed by atoms with E-state index in [4.69, 9.17) is 0 Å². The molecule has 2 aliphatic carbocycles. The van der Waals surface area contributed by atoms with Gasteiger partial charge in [0, 0.05) is 17.8 Å². The van der Waals surface area contributed by atoms with Crippen molar-refractivity contribution in [2.75, 3.05) is 6.54 Å². The summed E-state index contributed by atoms with van der Waals surface area (Å²) in [7, 11) is 0. The van der Waals surface area contributed by atoms with Crippen LogP contribution in [0, 0.1) is 11.3 Å². The van der Waals surface area contributed by atoms with Crippen LogP contribution in [0.1, 0.15) is 30.5 Å². The Morgan fingerprint density at radius 3 is 2.55 bits per heavy atom. The lowest BCUT2D eigenvalue weighted by Crippen LogP contribution is -2.43. The SMILES string of the molecule is O=C(C1C(F)(F)C12CCC2)N1CCc2c([nH]c(=O)[nH]c2=O)C1. The van der Waals surface area contributed by atoms with Crippen molar-refractivity contribution in [1.82, 2.24) is 14.9 Å². The van der Waals surface area contributed by atoms with Gasteiger partial charge in [0.05, 0.1) is 12.0 Å². The van der Waals surface area contributed by atoms with Gasteiger partial charge in [-0.15, -0.1) is 0 Å². The minimum absolute atomic E-state index is 0.00991. The fourth-order valence-corrected chi connectivity index (χ4v) is 3.93. The molecule has 1 aromatic rings. The fourth-order valence-electron chi connectivity index (χ4n) is 3.93. The molecular formula is C14H15F2N3O3. The third-order valence-electron chi connectivity index (χ3n) is 5.41. The molecule has 3 aliphatic rings. The standard InChI is InChI=1S/C14H15F2N3O3/c15-14(16)9(13(14)3-1-4-13)11(21)19-5-2-7-8(6-19)17-12(22)18-10(7)20/h9H,1-6H2,(H2,17,18,20,22). The highest BCUT2D eigenvalue weighted by molar-refractivity contribution is 5.85. The summed E-state index contributed by atoms with van der Waals surface area (Å²) in [5, 5.41) is 0. The zero-order valence-electron chi connectivity index (χ0n) is 11.7. The molecule has 2 fully saturated rings. The molecule has 1 atom stereocenters. The molecule has 0 bridgehead atoms. The first-order valence-electron chi connectivity index (χ1n) is 7.38. The number of nitrogens with one attached hydrogen (secondary N) is 2. The summed E-state index contributed by atoms with van der Waals surface area (Å²) in [6.45, 7) is 0.236. The van der Waals surface area contributed by atoms with Crippen LogP contribution in [-0.4, -0.2) is 33.2 Å². The first kappa shape index (κ1) is 13.7. The molecular weight excluding hydrogens is 296 g/mol. The maximum absolute atomic E-state index is 14.0. The summed E-state index contributed by atoms with van der Waals surface area (Å²) < 4.78 is 27.9. The van der Waals surface area contributed by atoms with Crippen molar-refractivity contribution < 1.29 is 13.6 Å². The molecule has 1 aliphatic heterocycles. The Kier molecular flexibility index (Phi) is 2.52. The number of fused-ring (bicyclic) bond motifs is 1. The van der Waals surface area contributed by atoms with E-state index in [1.54, 1.807) is 0 Å². The molecule has 1 spiro atoms. The molecule has 2 saturated carbocycles. The monoisotopic (exact) mass is 311 g/mol. The topological polar surface area (TPSA) is 86.0 Å². The van der Waals surface area contributed by atoms with E-state index in [0.29, 0.717) is 24.1 Å². The van der Waals surface area contributed by atoms with Crippen molar-refractivity contribution in [1.29, 1.82) is 0 Å². The van der Waals surface area contributed by atoms with Crippen molar-refractivity contribution >= 4 is 5.91 Å². The summed E-state index contributed by atoms with van der Waals surface area (Å²) >= 11 is 0. The number of H-pyrrole nitrogens is 2. The van der Waals surface area contributed by atoms with Crippen LogP contribution >= 0.6 is 0 Å². The smallest absolute Gasteiger partial charge is 0.325 e. The largest absolute Gasteiger partial charge is 0.336 e. The van der Waals surface area contributed by atoms with Crippen LogP contribution in [0.15, 0.2) is 9.59 Å². The highest BCUT2D eigenvalue weighted by Crippen LogP contribution is 2.75. The lowest BCUT2D eigenvalue weighted by molar-refractivity contribution is -0.136. The normalized spacial score (nSPS) is 27.2. The van der Waals surface area contributed by atoms with E-state index in [1.807, 2.05) is 0 Å². The number of amides is 1. The number of hydrogen-bond acceptors (Lipinski definition) is 3. The van der Waals surface area contributed by atoms with Gasteiger partial charge >= 0.3 is 5.69 Å². The van der Waals surface area contributed by atoms with E-state index in [1.165, 1.54) is 4.90 Å². The Balaban J connectivity index is 1.60. The highest BCUT2D eigenvalue weighted by Gasteiger charge is 2.85. The van der Waals surface area contributed by atoms with E-state index in [-0.39, 0.29) is 19.5 Å². The molecule has 0 aromatic carbocycles. The Morgan fingerprint density at radius 1 is 1.23 bits per heavy atom. The number of carbonyl (C=O) groups excluding carboxylic acids is 1. The minimum atomic E-state index is -2.91. The van der Waals surface area contributed by atoms with Crippen LogP contribution in [-0.2, 0) is 17.8 Å². The number of halogens is 2. The number of aromatic nitrogens is 2. The Bertz CT molecular complexity index is 778. The number of nitrogens with zero attached hydrogens (tertiary/aromatic N) is 1. The Morgan fingerprint density at radius 2 is 1.95 bits per heavy atom. The van der Waals surface area contributed by atoms with Gasteiger partial charge in [-0.2, -0.15) is 0 Å². The molecule has 0 saturated heterocycles. The van der Waals surface area contributed by atoms with Crippen molar-refractivity contribution in [2.45, 2.75) is 38.2 Å². The van der Waals surface area contributed by atoms with Crippen molar-refractivity contribution in [3.05, 3.63) is 32.1 Å². The lowest BCUT2D eigenvalue weighted by Gasteiger charge is -2.30. The molecule has 1 aromatic heterocycles. The lowest BCUT2D eigenvalue weighted by atomic mass is 9.79. The number of aromatic amines is 2. The summed E-state index contributed by atoms with van der Waals surface area (Å²) in [5.41, 5.74) is -1.47. The maximum atomic E-state index is 14.0. The second-order valence-corrected chi connectivity index (χ2v) is 6.44. The molecule has 22 heavy (non-hydrogen) atoms. The van der Waals surface area contributed by atoms with E-state index < -0.39 is 34.4 Å². The Hall–Kier alpha value is -1.99. The summed E-state index contributed by atoms with van der Waals surface area (Å²) in [6, 6.07) is 0. The van der Waals surface area contributed by atoms with Crippen LogP contribution in [0.25, 0.3) is 0 Å². The molecule has 118 valence electrons. The summed E-state index contributed by atoms with van der Waals surface area (Å²) in [5.74, 6) is -4.70. The van der Waals surface area contributed by atoms with E-state index in [0.717, 1.165) is 6.42 Å². The van der Waals surface area contributed by atoms with Gasteiger partial charge in [-0.05, 0) is 19.3 Å². The van der Waals surface area contributed by atoms with Gasteiger partial charge in [-0.25, -0.2) is 13.6 Å². The molecule has 4 rings (SSSR count). The van der Waals surface area contributed by atoms with E-state index >= 15 is 0 Å². The maximum Gasteiger partial charge on any atom is 0.325 e. The summed E-state index contributed by atoms with van der Waals surface area (Å²) in [6.07, 6.45) is 1.80. The third kappa shape index (κ3) is 1.55. The highest BCUT2D eigenvalue weighted by atomic mass is 19.3. The quantitative estimate of drug-likeness (QED) is 0.786. The van der Waals surface area contributed by atoms with Gasteiger partial charge in [0.15, 0.2) is 0 Å². The van der Waals surface area contributed by atoms with E-state index in [2.05, 4.69) is 9.97 Å². The van der Waals surface area contributed by atoms with Gasteiger partial charge in [0.25, 0.3) is 11.5 Å². The molecule has 2 N–H and O–H groups in total. The zero-order valence-corrected chi connectivity index (χ0v) is 11.7. The number of hydrogen-bond donors (Lipinski definition) is 2. The summed E-state index contributed by atoms with van der Waals surface area (Å²) in [4.78, 5) is 41.4. The van der Waals surface area contributed by atoms with Crippen molar-refractivity contribution in [3.8, 4) is 0 Å². The van der Waals surface area contributed by atoms with Gasteiger partial charge in [0.2, 0.25) is 5.91 Å². The van der Waals surface area contributed by atoms with Gasteiger partial charge in [0.1, 0.15) is 5.92 Å².